The van der Waals surface area contributed by atoms with Crippen LogP contribution in [0.1, 0.15) is 40.1 Å². The Balaban J connectivity index is 2.08. The average Bonchev–Trinajstić information content (AvgIpc) is 2.70. The van der Waals surface area contributed by atoms with Gasteiger partial charge in [-0.1, -0.05) is 53.2 Å². The van der Waals surface area contributed by atoms with E-state index in [4.69, 9.17) is 4.18 Å². The molecule has 2 aromatic carbocycles. The van der Waals surface area contributed by atoms with E-state index in [0.29, 0.717) is 22.0 Å². The zero-order valence-electron chi connectivity index (χ0n) is 14.1. The van der Waals surface area contributed by atoms with Crippen molar-refractivity contribution in [3.63, 3.8) is 0 Å². The Labute approximate surface area is 168 Å². The van der Waals surface area contributed by atoms with Crippen LogP contribution in [0.2, 0.25) is 0 Å². The first-order chi connectivity index (χ1) is 12.9. The van der Waals surface area contributed by atoms with E-state index in [2.05, 4.69) is 25.4 Å². The van der Waals surface area contributed by atoms with Gasteiger partial charge in [-0.3, -0.25) is 4.57 Å². The first kappa shape index (κ1) is 22.0. The molecule has 0 aliphatic carbocycles. The van der Waals surface area contributed by atoms with Crippen molar-refractivity contribution in [1.29, 1.82) is 0 Å². The average molecular weight is 481 g/mol. The molecular weight excluding hydrogens is 465 g/mol. The Morgan fingerprint density at radius 3 is 2.41 bits per heavy atom. The van der Waals surface area contributed by atoms with Crippen LogP contribution in [-0.2, 0) is 24.4 Å². The normalized spacial score (nSPS) is 12.6. The van der Waals surface area contributed by atoms with Crippen LogP contribution in [0.15, 0.2) is 53.0 Å². The fourth-order valence-electron chi connectivity index (χ4n) is 2.24. The minimum Gasteiger partial charge on any atom is -0.387 e. The smallest absolute Gasteiger partial charge is 0.387 e. The Bertz CT molecular complexity index is 816. The highest BCUT2D eigenvalue weighted by Crippen LogP contribution is 2.53. The van der Waals surface area contributed by atoms with E-state index < -0.39 is 19.7 Å². The second-order valence-electron chi connectivity index (χ2n) is 5.49. The summed E-state index contributed by atoms with van der Waals surface area (Å²) in [7, 11) is -4.47. The van der Waals surface area contributed by atoms with Crippen molar-refractivity contribution in [2.24, 2.45) is 0 Å². The van der Waals surface area contributed by atoms with Gasteiger partial charge in [0.25, 0.3) is 0 Å². The Morgan fingerprint density at radius 1 is 1.19 bits per heavy atom. The summed E-state index contributed by atoms with van der Waals surface area (Å²) < 4.78 is 48.1. The molecule has 0 saturated carbocycles. The van der Waals surface area contributed by atoms with Gasteiger partial charge in [0.1, 0.15) is 0 Å². The van der Waals surface area contributed by atoms with Crippen LogP contribution in [0.3, 0.4) is 0 Å². The second-order valence-corrected chi connectivity index (χ2v) is 9.08. The van der Waals surface area contributed by atoms with Crippen molar-refractivity contribution in [1.82, 2.24) is 0 Å². The highest BCUT2D eigenvalue weighted by molar-refractivity contribution is 9.10. The number of carbonyl (C=O) groups is 1. The monoisotopic (exact) mass is 480 g/mol. The molecule has 27 heavy (non-hydrogen) atoms. The molecule has 1 atom stereocenters. The van der Waals surface area contributed by atoms with E-state index in [-0.39, 0.29) is 5.25 Å². The first-order valence-electron chi connectivity index (χ1n) is 7.83. The molecular formula is C17H16BrF2O5PS. The van der Waals surface area contributed by atoms with Gasteiger partial charge < -0.3 is 4.18 Å². The van der Waals surface area contributed by atoms with Gasteiger partial charge in [0, 0.05) is 4.47 Å². The minimum absolute atomic E-state index is 0.162. The van der Waals surface area contributed by atoms with Crippen LogP contribution in [0, 0.1) is 0 Å². The maximum Gasteiger partial charge on any atom is 0.399 e. The molecule has 0 saturated heterocycles. The lowest BCUT2D eigenvalue weighted by Crippen LogP contribution is -2.03. The molecule has 0 aliphatic rings. The number of halogens is 3. The van der Waals surface area contributed by atoms with E-state index in [1.807, 2.05) is 6.92 Å². The molecule has 5 nitrogen and oxygen atoms in total. The van der Waals surface area contributed by atoms with Gasteiger partial charge in [-0.05, 0) is 44.8 Å². The maximum absolute atomic E-state index is 12.2. The molecule has 2 rings (SSSR count). The minimum atomic E-state index is -4.47. The SMILES string of the molecule is CCC(SOC(=O)c1ccccc1)c1ccc(CP(=O)(OF)OF)c(Br)c1. The lowest BCUT2D eigenvalue weighted by Gasteiger charge is -2.16. The highest BCUT2D eigenvalue weighted by atomic mass is 79.9. The van der Waals surface area contributed by atoms with E-state index in [0.717, 1.165) is 17.6 Å². The van der Waals surface area contributed by atoms with Crippen molar-refractivity contribution in [3.05, 3.63) is 69.7 Å². The molecule has 0 radical (unpaired) electrons. The number of hydrogen-bond acceptors (Lipinski definition) is 6. The van der Waals surface area contributed by atoms with Crippen LogP contribution in [-0.4, -0.2) is 5.97 Å². The van der Waals surface area contributed by atoms with E-state index in [1.54, 1.807) is 48.5 Å². The van der Waals surface area contributed by atoms with Crippen LogP contribution >= 0.6 is 35.6 Å². The van der Waals surface area contributed by atoms with Crippen LogP contribution in [0.5, 0.6) is 0 Å². The lowest BCUT2D eigenvalue weighted by molar-refractivity contribution is -0.0881. The Kier molecular flexibility index (Phi) is 8.44. The maximum atomic E-state index is 12.2. The molecule has 0 spiro atoms. The summed E-state index contributed by atoms with van der Waals surface area (Å²) in [6.45, 7) is 1.93. The fourth-order valence-corrected chi connectivity index (χ4v) is 4.50. The van der Waals surface area contributed by atoms with Gasteiger partial charge in [-0.2, -0.15) is 0 Å². The zero-order chi connectivity index (χ0) is 19.9. The van der Waals surface area contributed by atoms with E-state index in [1.165, 1.54) is 0 Å². The highest BCUT2D eigenvalue weighted by Gasteiger charge is 2.29. The van der Waals surface area contributed by atoms with Gasteiger partial charge in [0.05, 0.1) is 29.0 Å². The third-order valence-electron chi connectivity index (χ3n) is 3.64. The summed E-state index contributed by atoms with van der Waals surface area (Å²) in [5, 5.41) is -0.162. The summed E-state index contributed by atoms with van der Waals surface area (Å²) in [5.74, 6) is -0.448. The Hall–Kier alpha value is -1.25. The number of carbonyl (C=O) groups excluding carboxylic acids is 1. The zero-order valence-corrected chi connectivity index (χ0v) is 17.4. The third kappa shape index (κ3) is 6.12. The topological polar surface area (TPSA) is 61.8 Å². The quantitative estimate of drug-likeness (QED) is 0.287. The molecule has 0 bridgehead atoms. The number of hydrogen-bond donors (Lipinski definition) is 0. The molecule has 146 valence electrons. The molecule has 0 aromatic heterocycles. The lowest BCUT2D eigenvalue weighted by atomic mass is 10.1. The molecule has 0 fully saturated rings. The van der Waals surface area contributed by atoms with Crippen LogP contribution < -0.4 is 0 Å². The summed E-state index contributed by atoms with van der Waals surface area (Å²) in [6.07, 6.45) is 0.0893. The molecule has 0 heterocycles. The summed E-state index contributed by atoms with van der Waals surface area (Å²) >= 11 is 4.30. The predicted molar refractivity (Wildman–Crippen MR) is 102 cm³/mol. The third-order valence-corrected chi connectivity index (χ3v) is 6.62. The van der Waals surface area contributed by atoms with Gasteiger partial charge in [0.15, 0.2) is 0 Å². The van der Waals surface area contributed by atoms with Crippen molar-refractivity contribution >= 4 is 41.5 Å². The molecule has 0 N–H and O–H groups in total. The van der Waals surface area contributed by atoms with E-state index >= 15 is 0 Å². The molecule has 10 heteroatoms. The van der Waals surface area contributed by atoms with Gasteiger partial charge in [0.2, 0.25) is 0 Å². The standard InChI is InChI=1S/C17H16BrF2O5PS/c1-2-16(27-23-17(21)12-6-4-3-5-7-12)13-8-9-14(15(18)10-13)11-26(22,24-19)25-20/h3-10,16H,2,11H2,1H3. The Morgan fingerprint density at radius 2 is 1.85 bits per heavy atom. The molecule has 2 aromatic rings. The predicted octanol–water partition coefficient (Wildman–Crippen LogP) is 6.90. The molecule has 0 aliphatic heterocycles. The van der Waals surface area contributed by atoms with Crippen molar-refractivity contribution in [3.8, 4) is 0 Å². The fraction of sp³-hybridized carbons (Fsp3) is 0.235. The van der Waals surface area contributed by atoms with Crippen LogP contribution in [0.25, 0.3) is 0 Å². The van der Waals surface area contributed by atoms with Gasteiger partial charge in [-0.25, -0.2) is 4.79 Å². The number of benzene rings is 2. The molecule has 0 amide bonds. The van der Waals surface area contributed by atoms with Crippen molar-refractivity contribution in [2.45, 2.75) is 24.8 Å². The van der Waals surface area contributed by atoms with Crippen molar-refractivity contribution in [2.75, 3.05) is 0 Å². The van der Waals surface area contributed by atoms with Crippen LogP contribution in [0.4, 0.5) is 9.05 Å². The van der Waals surface area contributed by atoms with Crippen molar-refractivity contribution < 1.29 is 32.1 Å². The van der Waals surface area contributed by atoms with Gasteiger partial charge in [-0.15, -0.1) is 9.46 Å². The largest absolute Gasteiger partial charge is 0.399 e. The molecule has 1 unspecified atom stereocenters. The number of rotatable bonds is 9. The van der Waals surface area contributed by atoms with Gasteiger partial charge >= 0.3 is 13.6 Å². The van der Waals surface area contributed by atoms with E-state index in [9.17, 15) is 18.4 Å². The summed E-state index contributed by atoms with van der Waals surface area (Å²) in [6, 6.07) is 13.6. The first-order valence-corrected chi connectivity index (χ1v) is 11.2. The second kappa shape index (κ2) is 10.3. The summed E-state index contributed by atoms with van der Waals surface area (Å²) in [4.78, 5) is 12.1. The summed E-state index contributed by atoms with van der Waals surface area (Å²) in [5.41, 5.74) is 1.61.